The molecule has 0 heterocycles. The molecule has 0 aliphatic heterocycles. The Bertz CT molecular complexity index is 148. The summed E-state index contributed by atoms with van der Waals surface area (Å²) >= 11 is 0. The largest absolute Gasteiger partial charge is 0.344 e. The van der Waals surface area contributed by atoms with E-state index < -0.39 is 0 Å². The van der Waals surface area contributed by atoms with Crippen LogP contribution in [0, 0.1) is 0 Å². The third kappa shape index (κ3) is 7.55. The zero-order chi connectivity index (χ0) is 7.07. The molecule has 0 unspecified atom stereocenters. The molecule has 0 spiro atoms. The van der Waals surface area contributed by atoms with Gasteiger partial charge < -0.3 is 6.15 Å². The standard InChI is InChI=1S/2C5H6.Fe.H3N/c2*1-2-4-5-3-1;;/h2*1-4H,5H2;;1H3. The van der Waals surface area contributed by atoms with Crippen molar-refractivity contribution in [1.29, 1.82) is 0 Å². The average Bonchev–Trinajstić information content (AvgIpc) is 2.67. The van der Waals surface area contributed by atoms with Crippen molar-refractivity contribution in [3.05, 3.63) is 48.6 Å². The van der Waals surface area contributed by atoms with Gasteiger partial charge in [-0.25, -0.2) is 0 Å². The van der Waals surface area contributed by atoms with Gasteiger partial charge in [-0.3, -0.25) is 0 Å². The van der Waals surface area contributed by atoms with Crippen molar-refractivity contribution < 1.29 is 17.1 Å². The zero-order valence-corrected chi connectivity index (χ0v) is 8.20. The molecule has 2 aliphatic carbocycles. The van der Waals surface area contributed by atoms with Crippen molar-refractivity contribution in [3.63, 3.8) is 0 Å². The second-order valence-corrected chi connectivity index (χ2v) is 2.18. The number of hydrogen-bond acceptors (Lipinski definition) is 1. The van der Waals surface area contributed by atoms with Crippen LogP contribution in [0.3, 0.4) is 0 Å². The monoisotopic (exact) mass is 205 g/mol. The quantitative estimate of drug-likeness (QED) is 0.605. The molecule has 0 fully saturated rings. The van der Waals surface area contributed by atoms with Gasteiger partial charge in [0.2, 0.25) is 0 Å². The SMILES string of the molecule is C1=CCC=C1.C1=CCC=C1.N.[Fe]. The van der Waals surface area contributed by atoms with Gasteiger partial charge >= 0.3 is 0 Å². The van der Waals surface area contributed by atoms with Crippen LogP contribution in [0.2, 0.25) is 0 Å². The van der Waals surface area contributed by atoms with Gasteiger partial charge in [-0.05, 0) is 12.8 Å². The van der Waals surface area contributed by atoms with E-state index in [4.69, 9.17) is 0 Å². The summed E-state index contributed by atoms with van der Waals surface area (Å²) in [6, 6.07) is 0. The molecule has 68 valence electrons. The summed E-state index contributed by atoms with van der Waals surface area (Å²) in [5, 5.41) is 0. The maximum Gasteiger partial charge on any atom is 0 e. The normalized spacial score (nSPS) is 14.7. The Morgan fingerprint density at radius 2 is 0.833 bits per heavy atom. The van der Waals surface area contributed by atoms with Crippen LogP contribution in [0.25, 0.3) is 0 Å². The summed E-state index contributed by atoms with van der Waals surface area (Å²) in [5.74, 6) is 0. The van der Waals surface area contributed by atoms with Crippen molar-refractivity contribution >= 4 is 0 Å². The molecule has 0 aromatic heterocycles. The number of allylic oxidation sites excluding steroid dienone is 8. The van der Waals surface area contributed by atoms with Crippen molar-refractivity contribution in [2.24, 2.45) is 0 Å². The molecule has 0 amide bonds. The van der Waals surface area contributed by atoms with Crippen LogP contribution in [0.15, 0.2) is 48.6 Å². The van der Waals surface area contributed by atoms with Gasteiger partial charge in [0.25, 0.3) is 0 Å². The van der Waals surface area contributed by atoms with E-state index in [0.29, 0.717) is 0 Å². The van der Waals surface area contributed by atoms with E-state index in [-0.39, 0.29) is 23.2 Å². The van der Waals surface area contributed by atoms with Gasteiger partial charge in [0, 0.05) is 17.1 Å². The molecule has 1 nitrogen and oxygen atoms in total. The summed E-state index contributed by atoms with van der Waals surface area (Å²) < 4.78 is 0. The van der Waals surface area contributed by atoms with E-state index in [1.54, 1.807) is 0 Å². The molecular weight excluding hydrogens is 190 g/mol. The van der Waals surface area contributed by atoms with E-state index in [1.807, 2.05) is 0 Å². The van der Waals surface area contributed by atoms with Crippen LogP contribution in [0.5, 0.6) is 0 Å². The van der Waals surface area contributed by atoms with E-state index in [1.165, 1.54) is 0 Å². The van der Waals surface area contributed by atoms with Crippen molar-refractivity contribution in [1.82, 2.24) is 6.15 Å². The Hall–Kier alpha value is -0.561. The smallest absolute Gasteiger partial charge is 0 e. The minimum Gasteiger partial charge on any atom is -0.344 e. The number of rotatable bonds is 0. The van der Waals surface area contributed by atoms with Gasteiger partial charge in [-0.2, -0.15) is 0 Å². The molecule has 2 aliphatic rings. The fourth-order valence-corrected chi connectivity index (χ4v) is 0.786. The molecule has 0 aromatic carbocycles. The Labute approximate surface area is 85.0 Å². The first-order chi connectivity index (χ1) is 5.00. The molecule has 0 aromatic rings. The fourth-order valence-electron chi connectivity index (χ4n) is 0.786. The summed E-state index contributed by atoms with van der Waals surface area (Å²) in [7, 11) is 0. The predicted molar refractivity (Wildman–Crippen MR) is 50.8 cm³/mol. The van der Waals surface area contributed by atoms with Crippen LogP contribution in [-0.4, -0.2) is 0 Å². The van der Waals surface area contributed by atoms with Crippen LogP contribution in [0.4, 0.5) is 0 Å². The molecule has 3 N–H and O–H groups in total. The molecule has 2 heteroatoms. The molecule has 0 radical (unpaired) electrons. The fraction of sp³-hybridized carbons (Fsp3) is 0.200. The van der Waals surface area contributed by atoms with Gasteiger partial charge in [-0.1, -0.05) is 48.6 Å². The Balaban J connectivity index is 0. The van der Waals surface area contributed by atoms with Crippen LogP contribution in [0.1, 0.15) is 12.8 Å². The first kappa shape index (κ1) is 14.0. The first-order valence-corrected chi connectivity index (χ1v) is 3.63. The van der Waals surface area contributed by atoms with Crippen molar-refractivity contribution in [3.8, 4) is 0 Å². The van der Waals surface area contributed by atoms with Gasteiger partial charge in [0.15, 0.2) is 0 Å². The topological polar surface area (TPSA) is 35.0 Å². The van der Waals surface area contributed by atoms with Gasteiger partial charge in [-0.15, -0.1) is 0 Å². The average molecular weight is 205 g/mol. The second-order valence-electron chi connectivity index (χ2n) is 2.18. The second kappa shape index (κ2) is 10.4. The zero-order valence-electron chi connectivity index (χ0n) is 7.09. The summed E-state index contributed by atoms with van der Waals surface area (Å²) in [4.78, 5) is 0. The third-order valence-corrected chi connectivity index (χ3v) is 1.31. The maximum absolute atomic E-state index is 2.12. The maximum atomic E-state index is 2.12. The van der Waals surface area contributed by atoms with E-state index in [0.717, 1.165) is 12.8 Å². The predicted octanol–water partition coefficient (Wildman–Crippen LogP) is 3.16. The van der Waals surface area contributed by atoms with Gasteiger partial charge in [0.1, 0.15) is 0 Å². The molecular formula is C10H15FeN. The minimum absolute atomic E-state index is 0. The van der Waals surface area contributed by atoms with Crippen LogP contribution in [-0.2, 0) is 17.1 Å². The molecule has 12 heavy (non-hydrogen) atoms. The van der Waals surface area contributed by atoms with Crippen LogP contribution < -0.4 is 6.15 Å². The Kier molecular flexibility index (Phi) is 12.2. The molecule has 0 atom stereocenters. The van der Waals surface area contributed by atoms with Crippen LogP contribution >= 0.6 is 0 Å². The molecule has 0 bridgehead atoms. The molecule has 0 saturated heterocycles. The van der Waals surface area contributed by atoms with Crippen molar-refractivity contribution in [2.45, 2.75) is 12.8 Å². The summed E-state index contributed by atoms with van der Waals surface area (Å²) in [6.45, 7) is 0. The first-order valence-electron chi connectivity index (χ1n) is 3.63. The van der Waals surface area contributed by atoms with E-state index >= 15 is 0 Å². The molecule has 2 rings (SSSR count). The Morgan fingerprint density at radius 1 is 0.583 bits per heavy atom. The molecule has 0 saturated carbocycles. The third-order valence-electron chi connectivity index (χ3n) is 1.31. The summed E-state index contributed by atoms with van der Waals surface area (Å²) in [6.07, 6.45) is 19.0. The number of hydrogen-bond donors (Lipinski definition) is 1. The van der Waals surface area contributed by atoms with Gasteiger partial charge in [0.05, 0.1) is 0 Å². The van der Waals surface area contributed by atoms with Crippen molar-refractivity contribution in [2.75, 3.05) is 0 Å². The minimum atomic E-state index is 0. The van der Waals surface area contributed by atoms with E-state index in [9.17, 15) is 0 Å². The van der Waals surface area contributed by atoms with E-state index in [2.05, 4.69) is 48.6 Å². The Morgan fingerprint density at radius 3 is 0.917 bits per heavy atom. The summed E-state index contributed by atoms with van der Waals surface area (Å²) in [5.41, 5.74) is 0.